The van der Waals surface area contributed by atoms with Gasteiger partial charge in [-0.15, -0.1) is 0 Å². The Morgan fingerprint density at radius 3 is 2.59 bits per heavy atom. The first-order chi connectivity index (χ1) is 12.8. The molecule has 0 spiro atoms. The molecule has 0 bridgehead atoms. The van der Waals surface area contributed by atoms with E-state index in [4.69, 9.17) is 20.9 Å². The SMILES string of the molecule is COc1ccc(S(=O)(=O)NCc2nc(-c3ccccc3Cl)no2)c(C)c1C. The third-order valence-electron chi connectivity index (χ3n) is 4.19. The van der Waals surface area contributed by atoms with Gasteiger partial charge in [0.1, 0.15) is 5.75 Å². The summed E-state index contributed by atoms with van der Waals surface area (Å²) in [5, 5.41) is 4.33. The molecule has 0 amide bonds. The van der Waals surface area contributed by atoms with Crippen LogP contribution in [-0.4, -0.2) is 25.7 Å². The molecule has 3 aromatic rings. The largest absolute Gasteiger partial charge is 0.496 e. The van der Waals surface area contributed by atoms with Gasteiger partial charge >= 0.3 is 0 Å². The van der Waals surface area contributed by atoms with Crippen LogP contribution in [0.4, 0.5) is 0 Å². The van der Waals surface area contributed by atoms with Crippen LogP contribution in [-0.2, 0) is 16.6 Å². The maximum Gasteiger partial charge on any atom is 0.242 e. The maximum atomic E-state index is 12.6. The minimum absolute atomic E-state index is 0.135. The summed E-state index contributed by atoms with van der Waals surface area (Å²) in [6.07, 6.45) is 0. The van der Waals surface area contributed by atoms with Crippen molar-refractivity contribution < 1.29 is 17.7 Å². The number of nitrogens with one attached hydrogen (secondary N) is 1. The van der Waals surface area contributed by atoms with Crippen LogP contribution in [0, 0.1) is 13.8 Å². The first-order valence-electron chi connectivity index (χ1n) is 8.05. The van der Waals surface area contributed by atoms with Crippen molar-refractivity contribution in [2.45, 2.75) is 25.3 Å². The summed E-state index contributed by atoms with van der Waals surface area (Å²) in [4.78, 5) is 4.37. The van der Waals surface area contributed by atoms with Gasteiger partial charge in [-0.2, -0.15) is 4.98 Å². The summed E-state index contributed by atoms with van der Waals surface area (Å²) in [5.41, 5.74) is 1.99. The van der Waals surface area contributed by atoms with E-state index in [1.807, 2.05) is 0 Å². The number of aromatic nitrogens is 2. The summed E-state index contributed by atoms with van der Waals surface area (Å²) in [6, 6.07) is 10.2. The third-order valence-corrected chi connectivity index (χ3v) is 6.07. The molecule has 1 aromatic heterocycles. The molecular formula is C18H18ClN3O4S. The number of hydrogen-bond acceptors (Lipinski definition) is 6. The van der Waals surface area contributed by atoms with Crippen molar-refractivity contribution in [1.82, 2.24) is 14.9 Å². The molecule has 0 atom stereocenters. The number of hydrogen-bond donors (Lipinski definition) is 1. The highest BCUT2D eigenvalue weighted by Crippen LogP contribution is 2.27. The zero-order valence-electron chi connectivity index (χ0n) is 15.0. The number of ether oxygens (including phenoxy) is 1. The number of halogens is 1. The Morgan fingerprint density at radius 2 is 1.89 bits per heavy atom. The highest BCUT2D eigenvalue weighted by atomic mass is 35.5. The summed E-state index contributed by atoms with van der Waals surface area (Å²) in [6.45, 7) is 3.40. The lowest BCUT2D eigenvalue weighted by Crippen LogP contribution is -2.24. The van der Waals surface area contributed by atoms with Crippen LogP contribution in [0.3, 0.4) is 0 Å². The zero-order chi connectivity index (χ0) is 19.6. The minimum atomic E-state index is -3.76. The predicted octanol–water partition coefficient (Wildman–Crippen LogP) is 3.49. The molecule has 0 saturated carbocycles. The lowest BCUT2D eigenvalue weighted by Gasteiger charge is -2.13. The molecule has 27 heavy (non-hydrogen) atoms. The zero-order valence-corrected chi connectivity index (χ0v) is 16.6. The van der Waals surface area contributed by atoms with Gasteiger partial charge in [-0.1, -0.05) is 28.9 Å². The highest BCUT2D eigenvalue weighted by molar-refractivity contribution is 7.89. The van der Waals surface area contributed by atoms with Gasteiger partial charge in [0.25, 0.3) is 0 Å². The van der Waals surface area contributed by atoms with Crippen molar-refractivity contribution in [1.29, 1.82) is 0 Å². The summed E-state index contributed by atoms with van der Waals surface area (Å²) >= 11 is 6.11. The van der Waals surface area contributed by atoms with E-state index >= 15 is 0 Å². The first-order valence-corrected chi connectivity index (χ1v) is 9.91. The van der Waals surface area contributed by atoms with Gasteiger partial charge in [-0.3, -0.25) is 0 Å². The molecule has 2 aromatic carbocycles. The maximum absolute atomic E-state index is 12.6. The van der Waals surface area contributed by atoms with E-state index in [1.165, 1.54) is 6.07 Å². The van der Waals surface area contributed by atoms with E-state index in [1.54, 1.807) is 51.3 Å². The van der Waals surface area contributed by atoms with Crippen molar-refractivity contribution in [3.63, 3.8) is 0 Å². The van der Waals surface area contributed by atoms with Crippen molar-refractivity contribution >= 4 is 21.6 Å². The predicted molar refractivity (Wildman–Crippen MR) is 101 cm³/mol. The average Bonchev–Trinajstić information content (AvgIpc) is 3.11. The number of sulfonamides is 1. The van der Waals surface area contributed by atoms with Crippen LogP contribution < -0.4 is 9.46 Å². The van der Waals surface area contributed by atoms with Crippen molar-refractivity contribution in [2.24, 2.45) is 0 Å². The Morgan fingerprint density at radius 1 is 1.15 bits per heavy atom. The van der Waals surface area contributed by atoms with Crippen LogP contribution in [0.25, 0.3) is 11.4 Å². The number of nitrogens with zero attached hydrogens (tertiary/aromatic N) is 2. The Balaban J connectivity index is 1.79. The van der Waals surface area contributed by atoms with E-state index < -0.39 is 10.0 Å². The van der Waals surface area contributed by atoms with Crippen molar-refractivity contribution in [3.05, 3.63) is 58.4 Å². The van der Waals surface area contributed by atoms with E-state index in [9.17, 15) is 8.42 Å². The molecule has 7 nitrogen and oxygen atoms in total. The fourth-order valence-corrected chi connectivity index (χ4v) is 4.09. The number of methoxy groups -OCH3 is 1. The second kappa shape index (κ2) is 7.67. The average molecular weight is 408 g/mol. The second-order valence-electron chi connectivity index (χ2n) is 5.83. The first kappa shape index (κ1) is 19.3. The Hall–Kier alpha value is -2.42. The van der Waals surface area contributed by atoms with E-state index in [0.29, 0.717) is 27.7 Å². The van der Waals surface area contributed by atoms with Crippen LogP contribution in [0.1, 0.15) is 17.0 Å². The Bertz CT molecular complexity index is 1080. The number of rotatable bonds is 6. The lowest BCUT2D eigenvalue weighted by atomic mass is 10.1. The molecule has 3 rings (SSSR count). The normalized spacial score (nSPS) is 11.6. The molecule has 1 N–H and O–H groups in total. The van der Waals surface area contributed by atoms with E-state index in [2.05, 4.69) is 14.9 Å². The second-order valence-corrected chi connectivity index (χ2v) is 7.97. The molecule has 0 aliphatic heterocycles. The Kier molecular flexibility index (Phi) is 5.50. The van der Waals surface area contributed by atoms with E-state index in [-0.39, 0.29) is 17.3 Å². The third kappa shape index (κ3) is 3.97. The highest BCUT2D eigenvalue weighted by Gasteiger charge is 2.21. The minimum Gasteiger partial charge on any atom is -0.496 e. The van der Waals surface area contributed by atoms with Crippen LogP contribution >= 0.6 is 11.6 Å². The van der Waals surface area contributed by atoms with Crippen molar-refractivity contribution in [2.75, 3.05) is 7.11 Å². The fourth-order valence-electron chi connectivity index (χ4n) is 2.60. The summed E-state index contributed by atoms with van der Waals surface area (Å²) in [5.74, 6) is 1.07. The fraction of sp³-hybridized carbons (Fsp3) is 0.222. The van der Waals surface area contributed by atoms with Gasteiger partial charge in [-0.25, -0.2) is 13.1 Å². The van der Waals surface area contributed by atoms with Gasteiger partial charge in [-0.05, 0) is 49.2 Å². The molecule has 1 heterocycles. The number of benzene rings is 2. The van der Waals surface area contributed by atoms with Gasteiger partial charge < -0.3 is 9.26 Å². The van der Waals surface area contributed by atoms with E-state index in [0.717, 1.165) is 5.56 Å². The smallest absolute Gasteiger partial charge is 0.242 e. The van der Waals surface area contributed by atoms with Gasteiger partial charge in [0, 0.05) is 5.56 Å². The van der Waals surface area contributed by atoms with Gasteiger partial charge in [0.15, 0.2) is 0 Å². The molecule has 0 aliphatic rings. The molecule has 0 saturated heterocycles. The van der Waals surface area contributed by atoms with Gasteiger partial charge in [0.05, 0.1) is 23.6 Å². The monoisotopic (exact) mass is 407 g/mol. The Labute approximate surface area is 162 Å². The molecule has 0 radical (unpaired) electrons. The lowest BCUT2D eigenvalue weighted by molar-refractivity contribution is 0.376. The van der Waals surface area contributed by atoms with Gasteiger partial charge in [0.2, 0.25) is 21.7 Å². The molecular weight excluding hydrogens is 390 g/mol. The van der Waals surface area contributed by atoms with Crippen LogP contribution in [0.15, 0.2) is 45.8 Å². The topological polar surface area (TPSA) is 94.3 Å². The summed E-state index contributed by atoms with van der Waals surface area (Å²) < 4.78 is 38.1. The standard InChI is InChI=1S/C18H18ClN3O4S/c1-11-12(2)16(9-8-15(11)25-3)27(23,24)20-10-17-21-18(22-26-17)13-6-4-5-7-14(13)19/h4-9,20H,10H2,1-3H3. The van der Waals surface area contributed by atoms with Crippen LogP contribution in [0.2, 0.25) is 5.02 Å². The molecule has 0 fully saturated rings. The molecule has 0 aliphatic carbocycles. The van der Waals surface area contributed by atoms with Crippen LogP contribution in [0.5, 0.6) is 5.75 Å². The quantitative estimate of drug-likeness (QED) is 0.672. The van der Waals surface area contributed by atoms with Crippen molar-refractivity contribution in [3.8, 4) is 17.1 Å². The molecule has 142 valence electrons. The molecule has 9 heteroatoms. The molecule has 0 unspecified atom stereocenters. The summed E-state index contributed by atoms with van der Waals surface area (Å²) in [7, 11) is -2.22.